The Morgan fingerprint density at radius 3 is 2.43 bits per heavy atom. The number of rotatable bonds is 5. The zero-order valence-electron chi connectivity index (χ0n) is 9.50. The monoisotopic (exact) mass is 200 g/mol. The first-order valence-electron chi connectivity index (χ1n) is 4.97. The van der Waals surface area contributed by atoms with E-state index in [-0.39, 0.29) is 6.29 Å². The van der Waals surface area contributed by atoms with Gasteiger partial charge in [-0.05, 0) is 24.2 Å². The molecule has 0 radical (unpaired) electrons. The molecule has 3 nitrogen and oxygen atoms in total. The zero-order chi connectivity index (χ0) is 11.2. The van der Waals surface area contributed by atoms with Gasteiger partial charge in [-0.2, -0.15) is 0 Å². The number of carbonyl (C=O) groups is 2. The van der Waals surface area contributed by atoms with Crippen molar-refractivity contribution in [2.24, 2.45) is 11.3 Å². The topological polar surface area (TPSA) is 43.4 Å². The van der Waals surface area contributed by atoms with Crippen LogP contribution in [0.2, 0.25) is 0 Å². The zero-order valence-corrected chi connectivity index (χ0v) is 9.50. The van der Waals surface area contributed by atoms with Crippen LogP contribution in [0.3, 0.4) is 0 Å². The van der Waals surface area contributed by atoms with Gasteiger partial charge in [-0.3, -0.25) is 4.79 Å². The van der Waals surface area contributed by atoms with E-state index in [1.165, 1.54) is 0 Å². The molecule has 0 aliphatic rings. The number of hydrogen-bond donors (Lipinski definition) is 0. The lowest BCUT2D eigenvalue weighted by atomic mass is 9.84. The molecule has 14 heavy (non-hydrogen) atoms. The summed E-state index contributed by atoms with van der Waals surface area (Å²) in [5.41, 5.74) is 0.300. The maximum atomic E-state index is 10.5. The highest BCUT2D eigenvalue weighted by Crippen LogP contribution is 2.25. The summed E-state index contributed by atoms with van der Waals surface area (Å²) in [7, 11) is 0. The number of ether oxygens (including phenoxy) is 1. The van der Waals surface area contributed by atoms with Crippen LogP contribution in [-0.4, -0.2) is 18.9 Å². The SMILES string of the molecule is CC(CCOC(=O)C=O)CC(C)(C)C. The minimum Gasteiger partial charge on any atom is -0.460 e. The van der Waals surface area contributed by atoms with Crippen molar-refractivity contribution in [3.05, 3.63) is 0 Å². The predicted molar refractivity (Wildman–Crippen MR) is 54.9 cm³/mol. The van der Waals surface area contributed by atoms with Gasteiger partial charge in [0.05, 0.1) is 6.61 Å². The van der Waals surface area contributed by atoms with E-state index in [1.807, 2.05) is 0 Å². The van der Waals surface area contributed by atoms with Crippen LogP contribution in [0.25, 0.3) is 0 Å². The molecule has 0 aromatic rings. The van der Waals surface area contributed by atoms with Crippen molar-refractivity contribution < 1.29 is 14.3 Å². The van der Waals surface area contributed by atoms with Gasteiger partial charge in [0.15, 0.2) is 0 Å². The summed E-state index contributed by atoms with van der Waals surface area (Å²) >= 11 is 0. The fourth-order valence-electron chi connectivity index (χ4n) is 1.54. The van der Waals surface area contributed by atoms with Gasteiger partial charge >= 0.3 is 5.97 Å². The Kier molecular flexibility index (Phi) is 5.43. The van der Waals surface area contributed by atoms with Crippen LogP contribution in [0, 0.1) is 11.3 Å². The summed E-state index contributed by atoms with van der Waals surface area (Å²) in [5.74, 6) is -0.262. The quantitative estimate of drug-likeness (QED) is 0.388. The molecule has 0 bridgehead atoms. The van der Waals surface area contributed by atoms with Gasteiger partial charge in [-0.15, -0.1) is 0 Å². The Morgan fingerprint density at radius 1 is 1.43 bits per heavy atom. The first-order valence-corrected chi connectivity index (χ1v) is 4.97. The van der Waals surface area contributed by atoms with Gasteiger partial charge in [0.2, 0.25) is 6.29 Å². The second-order valence-electron chi connectivity index (χ2n) is 4.94. The number of esters is 1. The third-order valence-electron chi connectivity index (χ3n) is 1.91. The minimum atomic E-state index is -0.770. The number of carbonyl (C=O) groups excluding carboxylic acids is 2. The van der Waals surface area contributed by atoms with Crippen molar-refractivity contribution in [3.63, 3.8) is 0 Å². The molecule has 0 rings (SSSR count). The molecule has 0 saturated carbocycles. The molecule has 0 fully saturated rings. The molecular formula is C11H20O3. The van der Waals surface area contributed by atoms with Crippen LogP contribution in [-0.2, 0) is 14.3 Å². The lowest BCUT2D eigenvalue weighted by Gasteiger charge is -2.22. The molecule has 0 aromatic heterocycles. The first kappa shape index (κ1) is 13.1. The van der Waals surface area contributed by atoms with E-state index in [2.05, 4.69) is 32.4 Å². The Bertz CT molecular complexity index is 191. The summed E-state index contributed by atoms with van der Waals surface area (Å²) in [4.78, 5) is 20.4. The molecule has 0 aromatic carbocycles. The van der Waals surface area contributed by atoms with E-state index in [9.17, 15) is 9.59 Å². The number of aldehydes is 1. The van der Waals surface area contributed by atoms with Crippen LogP contribution in [0.1, 0.15) is 40.5 Å². The Morgan fingerprint density at radius 2 is 2.00 bits per heavy atom. The van der Waals surface area contributed by atoms with Gasteiger partial charge in [0.25, 0.3) is 0 Å². The lowest BCUT2D eigenvalue weighted by Crippen LogP contribution is -2.14. The fourth-order valence-corrected chi connectivity index (χ4v) is 1.54. The highest BCUT2D eigenvalue weighted by atomic mass is 16.5. The highest BCUT2D eigenvalue weighted by Gasteiger charge is 2.15. The van der Waals surface area contributed by atoms with E-state index in [0.717, 1.165) is 12.8 Å². The van der Waals surface area contributed by atoms with Crippen molar-refractivity contribution in [3.8, 4) is 0 Å². The molecule has 0 aliphatic carbocycles. The van der Waals surface area contributed by atoms with E-state index in [0.29, 0.717) is 17.9 Å². The molecule has 0 saturated heterocycles. The summed E-state index contributed by atoms with van der Waals surface area (Å²) < 4.78 is 4.67. The molecule has 0 aliphatic heterocycles. The van der Waals surface area contributed by atoms with Gasteiger partial charge in [-0.1, -0.05) is 27.7 Å². The lowest BCUT2D eigenvalue weighted by molar-refractivity contribution is -0.148. The second-order valence-corrected chi connectivity index (χ2v) is 4.94. The first-order chi connectivity index (χ1) is 6.35. The van der Waals surface area contributed by atoms with Crippen molar-refractivity contribution in [1.29, 1.82) is 0 Å². The van der Waals surface area contributed by atoms with Crippen molar-refractivity contribution in [2.75, 3.05) is 6.61 Å². The molecule has 0 N–H and O–H groups in total. The summed E-state index contributed by atoms with van der Waals surface area (Å²) in [5, 5.41) is 0. The molecule has 82 valence electrons. The minimum absolute atomic E-state index is 0.203. The van der Waals surface area contributed by atoms with E-state index < -0.39 is 5.97 Å². The Balaban J connectivity index is 3.59. The van der Waals surface area contributed by atoms with Crippen molar-refractivity contribution in [1.82, 2.24) is 0 Å². The third-order valence-corrected chi connectivity index (χ3v) is 1.91. The average molecular weight is 200 g/mol. The van der Waals surface area contributed by atoms with Gasteiger partial charge < -0.3 is 4.74 Å². The molecule has 0 spiro atoms. The molecule has 1 unspecified atom stereocenters. The average Bonchev–Trinajstić information content (AvgIpc) is 2.00. The largest absolute Gasteiger partial charge is 0.460 e. The van der Waals surface area contributed by atoms with Crippen LogP contribution < -0.4 is 0 Å². The van der Waals surface area contributed by atoms with E-state index in [4.69, 9.17) is 0 Å². The number of hydrogen-bond acceptors (Lipinski definition) is 3. The van der Waals surface area contributed by atoms with E-state index >= 15 is 0 Å². The maximum Gasteiger partial charge on any atom is 0.371 e. The fraction of sp³-hybridized carbons (Fsp3) is 0.818. The maximum absolute atomic E-state index is 10.5. The molecule has 1 atom stereocenters. The Hall–Kier alpha value is -0.860. The molecule has 0 heterocycles. The Labute approximate surface area is 85.8 Å². The molecular weight excluding hydrogens is 180 g/mol. The smallest absolute Gasteiger partial charge is 0.371 e. The molecule has 3 heteroatoms. The van der Waals surface area contributed by atoms with Crippen LogP contribution >= 0.6 is 0 Å². The summed E-state index contributed by atoms with van der Waals surface area (Å²) in [6.07, 6.45) is 2.11. The highest BCUT2D eigenvalue weighted by molar-refractivity contribution is 6.20. The summed E-state index contributed by atoms with van der Waals surface area (Å²) in [6.45, 7) is 9.01. The van der Waals surface area contributed by atoms with E-state index in [1.54, 1.807) is 0 Å². The second kappa shape index (κ2) is 5.78. The normalized spacial score (nSPS) is 13.4. The van der Waals surface area contributed by atoms with Crippen molar-refractivity contribution in [2.45, 2.75) is 40.5 Å². The van der Waals surface area contributed by atoms with Gasteiger partial charge in [0, 0.05) is 0 Å². The van der Waals surface area contributed by atoms with Gasteiger partial charge in [-0.25, -0.2) is 4.79 Å². The van der Waals surface area contributed by atoms with Crippen LogP contribution in [0.4, 0.5) is 0 Å². The summed E-state index contributed by atoms with van der Waals surface area (Å²) in [6, 6.07) is 0. The standard InChI is InChI=1S/C11H20O3/c1-9(7-11(2,3)4)5-6-14-10(13)8-12/h8-9H,5-7H2,1-4H3. The predicted octanol–water partition coefficient (Wildman–Crippen LogP) is 2.19. The van der Waals surface area contributed by atoms with Crippen LogP contribution in [0.15, 0.2) is 0 Å². The molecule has 0 amide bonds. The van der Waals surface area contributed by atoms with Crippen molar-refractivity contribution >= 4 is 12.3 Å². The van der Waals surface area contributed by atoms with Crippen LogP contribution in [0.5, 0.6) is 0 Å². The van der Waals surface area contributed by atoms with Gasteiger partial charge in [0.1, 0.15) is 0 Å². The third kappa shape index (κ3) is 7.77.